The number of nitrogens with zero attached hydrogens (tertiary/aromatic N) is 5. The van der Waals surface area contributed by atoms with Crippen LogP contribution in [-0.4, -0.2) is 24.7 Å². The standard InChI is InChI=1S/C12H11Cl2N5S/c13-8-5-15-11(14)16-10(8)20-12-18-17-9(6-1-2-6)19(12)7-3-4-7/h5-7H,1-4H2. The summed E-state index contributed by atoms with van der Waals surface area (Å²) in [6.45, 7) is 0. The Bertz CT molecular complexity index is 666. The van der Waals surface area contributed by atoms with E-state index < -0.39 is 0 Å². The molecule has 2 aliphatic rings. The maximum Gasteiger partial charge on any atom is 0.223 e. The zero-order valence-electron chi connectivity index (χ0n) is 10.5. The van der Waals surface area contributed by atoms with Crippen LogP contribution < -0.4 is 0 Å². The zero-order chi connectivity index (χ0) is 13.7. The van der Waals surface area contributed by atoms with Gasteiger partial charge in [-0.25, -0.2) is 9.97 Å². The molecule has 0 radical (unpaired) electrons. The van der Waals surface area contributed by atoms with Gasteiger partial charge in [0.1, 0.15) is 10.9 Å². The van der Waals surface area contributed by atoms with Crippen LogP contribution in [0.1, 0.15) is 43.5 Å². The molecule has 0 aliphatic heterocycles. The highest BCUT2D eigenvalue weighted by Gasteiger charge is 2.36. The minimum absolute atomic E-state index is 0.191. The summed E-state index contributed by atoms with van der Waals surface area (Å²) in [5, 5.41) is 10.8. The first-order chi connectivity index (χ1) is 9.72. The maximum absolute atomic E-state index is 6.11. The first-order valence-electron chi connectivity index (χ1n) is 6.53. The largest absolute Gasteiger partial charge is 0.302 e. The Morgan fingerprint density at radius 3 is 2.65 bits per heavy atom. The van der Waals surface area contributed by atoms with Gasteiger partial charge in [-0.3, -0.25) is 0 Å². The number of hydrogen-bond acceptors (Lipinski definition) is 5. The van der Waals surface area contributed by atoms with Gasteiger partial charge in [0, 0.05) is 12.0 Å². The SMILES string of the molecule is Clc1ncc(Cl)c(Sc2nnc(C3CC3)n2C2CC2)n1. The Hall–Kier alpha value is -0.850. The third-order valence-electron chi connectivity index (χ3n) is 3.42. The number of aromatic nitrogens is 5. The first kappa shape index (κ1) is 12.9. The molecule has 104 valence electrons. The highest BCUT2D eigenvalue weighted by molar-refractivity contribution is 7.99. The van der Waals surface area contributed by atoms with Gasteiger partial charge in [-0.15, -0.1) is 10.2 Å². The van der Waals surface area contributed by atoms with Crippen molar-refractivity contribution in [3.63, 3.8) is 0 Å². The van der Waals surface area contributed by atoms with E-state index >= 15 is 0 Å². The molecule has 5 nitrogen and oxygen atoms in total. The summed E-state index contributed by atoms with van der Waals surface area (Å²) >= 11 is 13.4. The second kappa shape index (κ2) is 4.86. The van der Waals surface area contributed by atoms with E-state index in [2.05, 4.69) is 24.7 Å². The van der Waals surface area contributed by atoms with E-state index in [0.29, 0.717) is 22.0 Å². The maximum atomic E-state index is 6.11. The molecule has 0 aromatic carbocycles. The molecule has 0 amide bonds. The molecule has 0 bridgehead atoms. The van der Waals surface area contributed by atoms with Gasteiger partial charge in [0.05, 0.1) is 11.2 Å². The average molecular weight is 328 g/mol. The van der Waals surface area contributed by atoms with Crippen LogP contribution in [-0.2, 0) is 0 Å². The van der Waals surface area contributed by atoms with Crippen molar-refractivity contribution in [2.24, 2.45) is 0 Å². The van der Waals surface area contributed by atoms with Crippen LogP contribution in [0, 0.1) is 0 Å². The van der Waals surface area contributed by atoms with Crippen LogP contribution in [0.2, 0.25) is 10.3 Å². The molecule has 2 aromatic rings. The summed E-state index contributed by atoms with van der Waals surface area (Å²) < 4.78 is 2.26. The Morgan fingerprint density at radius 1 is 1.15 bits per heavy atom. The molecule has 2 saturated carbocycles. The molecular formula is C12H11Cl2N5S. The summed E-state index contributed by atoms with van der Waals surface area (Å²) in [6.07, 6.45) is 6.34. The van der Waals surface area contributed by atoms with E-state index in [1.165, 1.54) is 43.6 Å². The highest BCUT2D eigenvalue weighted by atomic mass is 35.5. The molecule has 2 aliphatic carbocycles. The Morgan fingerprint density at radius 2 is 1.95 bits per heavy atom. The van der Waals surface area contributed by atoms with E-state index in [9.17, 15) is 0 Å². The molecule has 0 N–H and O–H groups in total. The van der Waals surface area contributed by atoms with Gasteiger partial charge in [-0.05, 0) is 49.0 Å². The van der Waals surface area contributed by atoms with E-state index in [0.717, 1.165) is 11.0 Å². The van der Waals surface area contributed by atoms with E-state index in [1.54, 1.807) is 0 Å². The van der Waals surface area contributed by atoms with Crippen LogP contribution in [0.15, 0.2) is 16.4 Å². The molecule has 0 spiro atoms. The monoisotopic (exact) mass is 327 g/mol. The fraction of sp³-hybridized carbons (Fsp3) is 0.500. The van der Waals surface area contributed by atoms with Crippen LogP contribution in [0.25, 0.3) is 0 Å². The van der Waals surface area contributed by atoms with Crippen molar-refractivity contribution in [2.45, 2.75) is 47.8 Å². The number of hydrogen-bond donors (Lipinski definition) is 0. The summed E-state index contributed by atoms with van der Waals surface area (Å²) in [4.78, 5) is 8.02. The van der Waals surface area contributed by atoms with Gasteiger partial charge in [0.15, 0.2) is 5.16 Å². The van der Waals surface area contributed by atoms with Crippen molar-refractivity contribution in [2.75, 3.05) is 0 Å². The van der Waals surface area contributed by atoms with Gasteiger partial charge < -0.3 is 4.57 Å². The smallest absolute Gasteiger partial charge is 0.223 e. The molecule has 0 atom stereocenters. The van der Waals surface area contributed by atoms with Gasteiger partial charge in [0.2, 0.25) is 5.28 Å². The molecule has 20 heavy (non-hydrogen) atoms. The minimum atomic E-state index is 0.191. The van der Waals surface area contributed by atoms with Crippen molar-refractivity contribution in [3.05, 3.63) is 22.3 Å². The normalized spacial score (nSPS) is 18.5. The lowest BCUT2D eigenvalue weighted by Gasteiger charge is -2.08. The van der Waals surface area contributed by atoms with E-state index in [1.807, 2.05) is 0 Å². The second-order valence-electron chi connectivity index (χ2n) is 5.11. The lowest BCUT2D eigenvalue weighted by molar-refractivity contribution is 0.626. The third kappa shape index (κ3) is 2.40. The molecule has 0 saturated heterocycles. The summed E-state index contributed by atoms with van der Waals surface area (Å²) in [7, 11) is 0. The predicted octanol–water partition coefficient (Wildman–Crippen LogP) is 3.74. The summed E-state index contributed by atoms with van der Waals surface area (Å²) in [6, 6.07) is 0.541. The minimum Gasteiger partial charge on any atom is -0.302 e. The van der Waals surface area contributed by atoms with Crippen LogP contribution in [0.4, 0.5) is 0 Å². The van der Waals surface area contributed by atoms with Crippen molar-refractivity contribution in [1.29, 1.82) is 0 Å². The van der Waals surface area contributed by atoms with Gasteiger partial charge >= 0.3 is 0 Å². The van der Waals surface area contributed by atoms with E-state index in [4.69, 9.17) is 23.2 Å². The molecule has 4 rings (SSSR count). The van der Waals surface area contributed by atoms with Gasteiger partial charge in [-0.2, -0.15) is 0 Å². The third-order valence-corrected chi connectivity index (χ3v) is 4.95. The topological polar surface area (TPSA) is 56.5 Å². The van der Waals surface area contributed by atoms with Crippen molar-refractivity contribution in [3.8, 4) is 0 Å². The van der Waals surface area contributed by atoms with Gasteiger partial charge in [-0.1, -0.05) is 11.6 Å². The lowest BCUT2D eigenvalue weighted by Crippen LogP contribution is -2.02. The fourth-order valence-corrected chi connectivity index (χ4v) is 3.41. The first-order valence-corrected chi connectivity index (χ1v) is 8.10. The summed E-state index contributed by atoms with van der Waals surface area (Å²) in [5.74, 6) is 1.70. The van der Waals surface area contributed by atoms with Crippen LogP contribution >= 0.6 is 35.0 Å². The number of rotatable bonds is 4. The number of halogens is 2. The van der Waals surface area contributed by atoms with Crippen LogP contribution in [0.5, 0.6) is 0 Å². The molecule has 2 fully saturated rings. The quantitative estimate of drug-likeness (QED) is 0.632. The predicted molar refractivity (Wildman–Crippen MR) is 76.4 cm³/mol. The lowest BCUT2D eigenvalue weighted by atomic mass is 10.4. The molecule has 8 heteroatoms. The summed E-state index contributed by atoms with van der Waals surface area (Å²) in [5.41, 5.74) is 0. The van der Waals surface area contributed by atoms with Crippen LogP contribution in [0.3, 0.4) is 0 Å². The molecule has 0 unspecified atom stereocenters. The zero-order valence-corrected chi connectivity index (χ0v) is 12.8. The van der Waals surface area contributed by atoms with Gasteiger partial charge in [0.25, 0.3) is 0 Å². The van der Waals surface area contributed by atoms with E-state index in [-0.39, 0.29) is 5.28 Å². The highest BCUT2D eigenvalue weighted by Crippen LogP contribution is 2.47. The van der Waals surface area contributed by atoms with Crippen molar-refractivity contribution < 1.29 is 0 Å². The molecule has 2 heterocycles. The Balaban J connectivity index is 1.70. The van der Waals surface area contributed by atoms with Crippen molar-refractivity contribution in [1.82, 2.24) is 24.7 Å². The second-order valence-corrected chi connectivity index (χ2v) is 6.81. The molecule has 2 aromatic heterocycles. The Kier molecular flexibility index (Phi) is 3.12. The fourth-order valence-electron chi connectivity index (χ4n) is 2.14. The molecular weight excluding hydrogens is 317 g/mol. The van der Waals surface area contributed by atoms with Crippen molar-refractivity contribution >= 4 is 35.0 Å². The Labute approximate surface area is 130 Å². The average Bonchev–Trinajstić information content (AvgIpc) is 3.33.